The van der Waals surface area contributed by atoms with Gasteiger partial charge < -0.3 is 15.1 Å². The number of anilines is 1. The fourth-order valence-electron chi connectivity index (χ4n) is 3.01. The van der Waals surface area contributed by atoms with Gasteiger partial charge in [0.15, 0.2) is 0 Å². The van der Waals surface area contributed by atoms with E-state index in [1.807, 2.05) is 0 Å². The lowest BCUT2D eigenvalue weighted by molar-refractivity contribution is 0.222. The summed E-state index contributed by atoms with van der Waals surface area (Å²) in [7, 11) is 4.40. The summed E-state index contributed by atoms with van der Waals surface area (Å²) in [6, 6.07) is 4.40. The molecule has 0 saturated carbocycles. The van der Waals surface area contributed by atoms with E-state index in [0.717, 1.165) is 37.1 Å². The fraction of sp³-hybridized carbons (Fsp3) is 0.706. The average Bonchev–Trinajstić information content (AvgIpc) is 2.47. The van der Waals surface area contributed by atoms with Crippen LogP contribution < -0.4 is 10.2 Å². The number of rotatable bonds is 6. The predicted molar refractivity (Wildman–Crippen MR) is 89.8 cm³/mol. The van der Waals surface area contributed by atoms with Gasteiger partial charge in [-0.05, 0) is 70.1 Å². The number of aromatic nitrogens is 1. The molecule has 2 rings (SSSR count). The molecule has 1 saturated heterocycles. The molecule has 21 heavy (non-hydrogen) atoms. The van der Waals surface area contributed by atoms with Crippen molar-refractivity contribution >= 4 is 5.82 Å². The maximum atomic E-state index is 4.71. The summed E-state index contributed by atoms with van der Waals surface area (Å²) in [5, 5.41) is 3.39. The molecular formula is C17H30N4. The molecule has 0 bridgehead atoms. The lowest BCUT2D eigenvalue weighted by Crippen LogP contribution is -2.36. The topological polar surface area (TPSA) is 31.4 Å². The van der Waals surface area contributed by atoms with Crippen LogP contribution in [0.2, 0.25) is 0 Å². The van der Waals surface area contributed by atoms with E-state index in [9.17, 15) is 0 Å². The first-order valence-electron chi connectivity index (χ1n) is 8.16. The van der Waals surface area contributed by atoms with Crippen LogP contribution in [0.15, 0.2) is 12.1 Å². The molecule has 1 aromatic heterocycles. The van der Waals surface area contributed by atoms with Crippen molar-refractivity contribution in [3.63, 3.8) is 0 Å². The highest BCUT2D eigenvalue weighted by atomic mass is 15.2. The first-order valence-corrected chi connectivity index (χ1v) is 8.16. The second-order valence-corrected chi connectivity index (χ2v) is 6.38. The van der Waals surface area contributed by atoms with Crippen LogP contribution in [-0.2, 0) is 6.54 Å². The molecule has 1 aliphatic rings. The van der Waals surface area contributed by atoms with E-state index in [2.05, 4.69) is 55.2 Å². The summed E-state index contributed by atoms with van der Waals surface area (Å²) < 4.78 is 0. The number of likely N-dealkylation sites (tertiary alicyclic amines) is 1. The van der Waals surface area contributed by atoms with E-state index in [1.165, 1.54) is 31.5 Å². The molecule has 0 unspecified atom stereocenters. The molecule has 1 aliphatic heterocycles. The molecule has 1 N–H and O–H groups in total. The van der Waals surface area contributed by atoms with E-state index in [1.54, 1.807) is 0 Å². The summed E-state index contributed by atoms with van der Waals surface area (Å²) in [4.78, 5) is 9.47. The van der Waals surface area contributed by atoms with Crippen LogP contribution in [0.5, 0.6) is 0 Å². The first kappa shape index (κ1) is 16.2. The van der Waals surface area contributed by atoms with Gasteiger partial charge in [0, 0.05) is 25.8 Å². The zero-order valence-electron chi connectivity index (χ0n) is 14.0. The minimum atomic E-state index is 0.797. The van der Waals surface area contributed by atoms with Gasteiger partial charge in [-0.3, -0.25) is 0 Å². The van der Waals surface area contributed by atoms with E-state index >= 15 is 0 Å². The van der Waals surface area contributed by atoms with Crippen LogP contribution in [0.25, 0.3) is 0 Å². The number of nitrogens with zero attached hydrogens (tertiary/aromatic N) is 3. The maximum absolute atomic E-state index is 4.71. The quantitative estimate of drug-likeness (QED) is 0.871. The zero-order chi connectivity index (χ0) is 15.2. The highest BCUT2D eigenvalue weighted by Crippen LogP contribution is 2.20. The largest absolute Gasteiger partial charge is 0.359 e. The molecule has 4 nitrogen and oxygen atoms in total. The molecule has 1 fully saturated rings. The Balaban J connectivity index is 1.97. The van der Waals surface area contributed by atoms with Crippen LogP contribution >= 0.6 is 0 Å². The van der Waals surface area contributed by atoms with Gasteiger partial charge in [0.2, 0.25) is 0 Å². The SMILES string of the molecule is CCNCc1cc(C)nc(N(C)CC2CCN(C)CC2)c1. The highest BCUT2D eigenvalue weighted by molar-refractivity contribution is 5.42. The van der Waals surface area contributed by atoms with Gasteiger partial charge in [-0.1, -0.05) is 6.92 Å². The summed E-state index contributed by atoms with van der Waals surface area (Å²) in [6.45, 7) is 9.72. The Morgan fingerprint density at radius 3 is 2.71 bits per heavy atom. The highest BCUT2D eigenvalue weighted by Gasteiger charge is 2.19. The summed E-state index contributed by atoms with van der Waals surface area (Å²) in [6.07, 6.45) is 2.60. The second kappa shape index (κ2) is 7.76. The number of hydrogen-bond acceptors (Lipinski definition) is 4. The molecule has 118 valence electrons. The Morgan fingerprint density at radius 1 is 1.33 bits per heavy atom. The normalized spacial score (nSPS) is 17.1. The van der Waals surface area contributed by atoms with Crippen LogP contribution in [0.4, 0.5) is 5.82 Å². The van der Waals surface area contributed by atoms with Crippen LogP contribution in [0.1, 0.15) is 31.0 Å². The van der Waals surface area contributed by atoms with Gasteiger partial charge in [-0.2, -0.15) is 0 Å². The number of hydrogen-bond donors (Lipinski definition) is 1. The van der Waals surface area contributed by atoms with Crippen molar-refractivity contribution in [2.24, 2.45) is 5.92 Å². The predicted octanol–water partition coefficient (Wildman–Crippen LogP) is 2.28. The molecule has 1 aromatic rings. The van der Waals surface area contributed by atoms with Crippen molar-refractivity contribution in [2.45, 2.75) is 33.2 Å². The van der Waals surface area contributed by atoms with Crippen molar-refractivity contribution in [2.75, 3.05) is 45.2 Å². The molecular weight excluding hydrogens is 260 g/mol. The molecule has 4 heteroatoms. The number of aryl methyl sites for hydroxylation is 1. The summed E-state index contributed by atoms with van der Waals surface area (Å²) in [5.41, 5.74) is 2.44. The lowest BCUT2D eigenvalue weighted by atomic mass is 9.96. The number of piperidine rings is 1. The number of nitrogens with one attached hydrogen (secondary N) is 1. The summed E-state index contributed by atoms with van der Waals surface area (Å²) >= 11 is 0. The van der Waals surface area contributed by atoms with Crippen molar-refractivity contribution in [1.82, 2.24) is 15.2 Å². The third-order valence-corrected chi connectivity index (χ3v) is 4.34. The Kier molecular flexibility index (Phi) is 6.00. The second-order valence-electron chi connectivity index (χ2n) is 6.38. The molecule has 0 radical (unpaired) electrons. The van der Waals surface area contributed by atoms with Crippen LogP contribution in [0, 0.1) is 12.8 Å². The molecule has 2 heterocycles. The van der Waals surface area contributed by atoms with Gasteiger partial charge >= 0.3 is 0 Å². The smallest absolute Gasteiger partial charge is 0.128 e. The molecule has 0 aromatic carbocycles. The third kappa shape index (κ3) is 4.97. The van der Waals surface area contributed by atoms with Gasteiger partial charge in [0.05, 0.1) is 0 Å². The molecule has 0 spiro atoms. The molecule has 0 aliphatic carbocycles. The van der Waals surface area contributed by atoms with Crippen molar-refractivity contribution in [3.05, 3.63) is 23.4 Å². The van der Waals surface area contributed by atoms with E-state index in [-0.39, 0.29) is 0 Å². The standard InChI is InChI=1S/C17H30N4/c1-5-18-12-16-10-14(2)19-17(11-16)21(4)13-15-6-8-20(3)9-7-15/h10-11,15,18H,5-9,12-13H2,1-4H3. The first-order chi connectivity index (χ1) is 10.1. The Bertz CT molecular complexity index is 438. The monoisotopic (exact) mass is 290 g/mol. The molecule has 0 atom stereocenters. The Hall–Kier alpha value is -1.13. The third-order valence-electron chi connectivity index (χ3n) is 4.34. The van der Waals surface area contributed by atoms with E-state index in [0.29, 0.717) is 0 Å². The fourth-order valence-corrected chi connectivity index (χ4v) is 3.01. The van der Waals surface area contributed by atoms with E-state index in [4.69, 9.17) is 4.98 Å². The van der Waals surface area contributed by atoms with Crippen molar-refractivity contribution < 1.29 is 0 Å². The van der Waals surface area contributed by atoms with Gasteiger partial charge in [-0.25, -0.2) is 4.98 Å². The van der Waals surface area contributed by atoms with Crippen molar-refractivity contribution in [3.8, 4) is 0 Å². The Morgan fingerprint density at radius 2 is 2.05 bits per heavy atom. The van der Waals surface area contributed by atoms with Crippen LogP contribution in [-0.4, -0.2) is 50.2 Å². The minimum Gasteiger partial charge on any atom is -0.359 e. The van der Waals surface area contributed by atoms with Crippen molar-refractivity contribution in [1.29, 1.82) is 0 Å². The minimum absolute atomic E-state index is 0.797. The van der Waals surface area contributed by atoms with Gasteiger partial charge in [0.1, 0.15) is 5.82 Å². The average molecular weight is 290 g/mol. The maximum Gasteiger partial charge on any atom is 0.128 e. The summed E-state index contributed by atoms with van der Waals surface area (Å²) in [5.74, 6) is 1.91. The number of pyridine rings is 1. The van der Waals surface area contributed by atoms with Crippen LogP contribution in [0.3, 0.4) is 0 Å². The van der Waals surface area contributed by atoms with Gasteiger partial charge in [0.25, 0.3) is 0 Å². The van der Waals surface area contributed by atoms with E-state index < -0.39 is 0 Å². The van der Waals surface area contributed by atoms with Gasteiger partial charge in [-0.15, -0.1) is 0 Å². The Labute approximate surface area is 129 Å². The zero-order valence-corrected chi connectivity index (χ0v) is 14.0. The molecule has 0 amide bonds. The lowest BCUT2D eigenvalue weighted by Gasteiger charge is -2.32.